The molecule has 0 radical (unpaired) electrons. The van der Waals surface area contributed by atoms with Gasteiger partial charge in [-0.2, -0.15) is 0 Å². The molecule has 1 fully saturated rings. The maximum atomic E-state index is 7.54. The molecule has 0 spiro atoms. The van der Waals surface area contributed by atoms with Gasteiger partial charge in [-0.05, 0) is 39.2 Å². The molecule has 112 valence electrons. The maximum Gasteiger partial charge on any atom is 0.0963 e. The minimum atomic E-state index is -0.137. The SMILES string of the molecule is CCOC1CCN(CCCCC(C)(C)C(=N)N)CC1. The van der Waals surface area contributed by atoms with E-state index in [0.29, 0.717) is 11.9 Å². The van der Waals surface area contributed by atoms with E-state index in [2.05, 4.69) is 25.7 Å². The van der Waals surface area contributed by atoms with E-state index < -0.39 is 0 Å². The van der Waals surface area contributed by atoms with Gasteiger partial charge in [0, 0.05) is 25.1 Å². The van der Waals surface area contributed by atoms with Crippen molar-refractivity contribution in [2.24, 2.45) is 11.1 Å². The Hall–Kier alpha value is -0.610. The van der Waals surface area contributed by atoms with Gasteiger partial charge in [-0.25, -0.2) is 0 Å². The summed E-state index contributed by atoms with van der Waals surface area (Å²) in [7, 11) is 0. The van der Waals surface area contributed by atoms with Gasteiger partial charge in [0.2, 0.25) is 0 Å². The first kappa shape index (κ1) is 16.4. The smallest absolute Gasteiger partial charge is 0.0963 e. The molecule has 1 aliphatic rings. The van der Waals surface area contributed by atoms with E-state index in [4.69, 9.17) is 15.9 Å². The summed E-state index contributed by atoms with van der Waals surface area (Å²) in [6.07, 6.45) is 6.20. The second-order valence-corrected chi connectivity index (χ2v) is 6.25. The van der Waals surface area contributed by atoms with Gasteiger partial charge in [-0.3, -0.25) is 5.41 Å². The molecule has 1 heterocycles. The second-order valence-electron chi connectivity index (χ2n) is 6.25. The number of piperidine rings is 1. The van der Waals surface area contributed by atoms with Crippen LogP contribution in [0.5, 0.6) is 0 Å². The molecule has 4 heteroatoms. The Kier molecular flexibility index (Phi) is 6.80. The lowest BCUT2D eigenvalue weighted by Crippen LogP contribution is -2.37. The first-order valence-electron chi connectivity index (χ1n) is 7.64. The average molecular weight is 269 g/mol. The summed E-state index contributed by atoms with van der Waals surface area (Å²) in [5.74, 6) is 0.310. The number of unbranched alkanes of at least 4 members (excludes halogenated alkanes) is 1. The molecule has 1 rings (SSSR count). The third kappa shape index (κ3) is 5.91. The van der Waals surface area contributed by atoms with Crippen LogP contribution in [0.4, 0.5) is 0 Å². The molecule has 1 aliphatic heterocycles. The molecule has 0 bridgehead atoms. The molecular formula is C15H31N3O. The van der Waals surface area contributed by atoms with Crippen LogP contribution in [0.15, 0.2) is 0 Å². The summed E-state index contributed by atoms with van der Waals surface area (Å²) in [6, 6.07) is 0. The molecular weight excluding hydrogens is 238 g/mol. The van der Waals surface area contributed by atoms with E-state index >= 15 is 0 Å². The number of hydrogen-bond donors (Lipinski definition) is 2. The van der Waals surface area contributed by atoms with Crippen molar-refractivity contribution in [1.82, 2.24) is 4.90 Å². The van der Waals surface area contributed by atoms with Crippen LogP contribution >= 0.6 is 0 Å². The Balaban J connectivity index is 2.10. The third-order valence-corrected chi connectivity index (χ3v) is 4.19. The van der Waals surface area contributed by atoms with Crippen LogP contribution in [0.25, 0.3) is 0 Å². The number of nitrogens with zero attached hydrogens (tertiary/aromatic N) is 1. The zero-order chi connectivity index (χ0) is 14.3. The van der Waals surface area contributed by atoms with Crippen LogP contribution in [-0.2, 0) is 4.74 Å². The first-order valence-corrected chi connectivity index (χ1v) is 7.64. The van der Waals surface area contributed by atoms with Crippen molar-refractivity contribution < 1.29 is 4.74 Å². The Morgan fingerprint density at radius 3 is 2.47 bits per heavy atom. The number of nitrogens with one attached hydrogen (secondary N) is 1. The van der Waals surface area contributed by atoms with E-state index in [-0.39, 0.29) is 5.41 Å². The number of rotatable bonds is 8. The van der Waals surface area contributed by atoms with Crippen molar-refractivity contribution in [2.75, 3.05) is 26.2 Å². The minimum absolute atomic E-state index is 0.137. The number of hydrogen-bond acceptors (Lipinski definition) is 3. The summed E-state index contributed by atoms with van der Waals surface area (Å²) in [5, 5.41) is 7.54. The van der Waals surface area contributed by atoms with Crippen LogP contribution in [0.2, 0.25) is 0 Å². The molecule has 0 saturated carbocycles. The second kappa shape index (κ2) is 7.85. The summed E-state index contributed by atoms with van der Waals surface area (Å²) in [6.45, 7) is 10.5. The Morgan fingerprint density at radius 2 is 1.95 bits per heavy atom. The van der Waals surface area contributed by atoms with Gasteiger partial charge >= 0.3 is 0 Å². The van der Waals surface area contributed by atoms with E-state index in [1.807, 2.05) is 0 Å². The molecule has 0 amide bonds. The van der Waals surface area contributed by atoms with Crippen molar-refractivity contribution in [1.29, 1.82) is 5.41 Å². The highest BCUT2D eigenvalue weighted by Crippen LogP contribution is 2.23. The first-order chi connectivity index (χ1) is 8.95. The Bertz CT molecular complexity index is 271. The molecule has 0 aromatic rings. The van der Waals surface area contributed by atoms with Gasteiger partial charge < -0.3 is 15.4 Å². The lowest BCUT2D eigenvalue weighted by Gasteiger charge is -2.32. The number of amidine groups is 1. The highest BCUT2D eigenvalue weighted by Gasteiger charge is 2.22. The standard InChI is InChI=1S/C15H31N3O/c1-4-19-13-7-11-18(12-8-13)10-6-5-9-15(2,3)14(16)17/h13H,4-12H2,1-3H3,(H3,16,17). The van der Waals surface area contributed by atoms with E-state index in [1.165, 1.54) is 38.9 Å². The quantitative estimate of drug-likeness (QED) is 0.404. The molecule has 4 nitrogen and oxygen atoms in total. The van der Waals surface area contributed by atoms with Crippen LogP contribution in [0, 0.1) is 10.8 Å². The van der Waals surface area contributed by atoms with Gasteiger partial charge in [-0.1, -0.05) is 20.3 Å². The van der Waals surface area contributed by atoms with Crippen molar-refractivity contribution in [3.8, 4) is 0 Å². The van der Waals surface area contributed by atoms with Crippen molar-refractivity contribution in [3.63, 3.8) is 0 Å². The number of nitrogens with two attached hydrogens (primary N) is 1. The van der Waals surface area contributed by atoms with Gasteiger partial charge in [0.15, 0.2) is 0 Å². The molecule has 1 saturated heterocycles. The molecule has 19 heavy (non-hydrogen) atoms. The largest absolute Gasteiger partial charge is 0.387 e. The summed E-state index contributed by atoms with van der Waals surface area (Å²) in [5.41, 5.74) is 5.46. The highest BCUT2D eigenvalue weighted by molar-refractivity contribution is 5.82. The topological polar surface area (TPSA) is 62.3 Å². The molecule has 0 aliphatic carbocycles. The fraction of sp³-hybridized carbons (Fsp3) is 0.933. The van der Waals surface area contributed by atoms with Crippen LogP contribution in [-0.4, -0.2) is 43.1 Å². The summed E-state index contributed by atoms with van der Waals surface area (Å²) in [4.78, 5) is 2.54. The van der Waals surface area contributed by atoms with Gasteiger partial charge in [0.05, 0.1) is 11.9 Å². The molecule has 3 N–H and O–H groups in total. The monoisotopic (exact) mass is 269 g/mol. The Morgan fingerprint density at radius 1 is 1.32 bits per heavy atom. The van der Waals surface area contributed by atoms with E-state index in [0.717, 1.165) is 19.4 Å². The van der Waals surface area contributed by atoms with Gasteiger partial charge in [0.25, 0.3) is 0 Å². The summed E-state index contributed by atoms with van der Waals surface area (Å²) >= 11 is 0. The number of ether oxygens (including phenoxy) is 1. The molecule has 0 aromatic heterocycles. The lowest BCUT2D eigenvalue weighted by molar-refractivity contribution is 0.0139. The lowest BCUT2D eigenvalue weighted by atomic mass is 9.86. The normalized spacial score (nSPS) is 18.7. The molecule has 0 atom stereocenters. The fourth-order valence-electron chi connectivity index (χ4n) is 2.57. The predicted octanol–water partition coefficient (Wildman–Crippen LogP) is 2.62. The minimum Gasteiger partial charge on any atom is -0.387 e. The Labute approximate surface area is 118 Å². The van der Waals surface area contributed by atoms with Crippen LogP contribution < -0.4 is 5.73 Å². The van der Waals surface area contributed by atoms with E-state index in [1.54, 1.807) is 0 Å². The van der Waals surface area contributed by atoms with Crippen molar-refractivity contribution in [3.05, 3.63) is 0 Å². The van der Waals surface area contributed by atoms with E-state index in [9.17, 15) is 0 Å². The fourth-order valence-corrected chi connectivity index (χ4v) is 2.57. The van der Waals surface area contributed by atoms with Gasteiger partial charge in [-0.15, -0.1) is 0 Å². The molecule has 0 aromatic carbocycles. The number of likely N-dealkylation sites (tertiary alicyclic amines) is 1. The maximum absolute atomic E-state index is 7.54. The van der Waals surface area contributed by atoms with Gasteiger partial charge in [0.1, 0.15) is 0 Å². The van der Waals surface area contributed by atoms with Crippen molar-refractivity contribution in [2.45, 2.75) is 59.0 Å². The van der Waals surface area contributed by atoms with Crippen LogP contribution in [0.1, 0.15) is 52.9 Å². The average Bonchev–Trinajstić information content (AvgIpc) is 2.37. The summed E-state index contributed by atoms with van der Waals surface area (Å²) < 4.78 is 5.66. The van der Waals surface area contributed by atoms with Crippen molar-refractivity contribution >= 4 is 5.84 Å². The van der Waals surface area contributed by atoms with Crippen LogP contribution in [0.3, 0.4) is 0 Å². The molecule has 0 unspecified atom stereocenters. The zero-order valence-electron chi connectivity index (χ0n) is 12.9. The highest BCUT2D eigenvalue weighted by atomic mass is 16.5. The predicted molar refractivity (Wildman–Crippen MR) is 80.6 cm³/mol. The zero-order valence-corrected chi connectivity index (χ0v) is 12.9. The third-order valence-electron chi connectivity index (χ3n) is 4.19.